The molecular weight excluding hydrogens is 234 g/mol. The van der Waals surface area contributed by atoms with E-state index in [9.17, 15) is 4.79 Å². The summed E-state index contributed by atoms with van der Waals surface area (Å²) in [4.78, 5) is 16.9. The SMILES string of the molecule is CCCOC1SC2=CC=NC(=O)C2C1CCC. The summed E-state index contributed by atoms with van der Waals surface area (Å²) in [6.07, 6.45) is 6.72. The molecule has 3 atom stereocenters. The Bertz CT molecular complexity index is 351. The van der Waals surface area contributed by atoms with Crippen LogP contribution in [0.1, 0.15) is 33.1 Å². The Morgan fingerprint density at radius 2 is 2.24 bits per heavy atom. The minimum atomic E-state index is -0.0354. The summed E-state index contributed by atoms with van der Waals surface area (Å²) in [5, 5.41) is 0. The van der Waals surface area contributed by atoms with Gasteiger partial charge in [-0.05, 0) is 18.9 Å². The van der Waals surface area contributed by atoms with E-state index in [2.05, 4.69) is 18.8 Å². The number of allylic oxidation sites excluding steroid dienone is 1. The fourth-order valence-corrected chi connectivity index (χ4v) is 3.87. The quantitative estimate of drug-likeness (QED) is 0.756. The number of fused-ring (bicyclic) bond motifs is 1. The van der Waals surface area contributed by atoms with Crippen molar-refractivity contribution >= 4 is 23.9 Å². The molecule has 2 aliphatic rings. The zero-order valence-electron chi connectivity index (χ0n) is 10.4. The largest absolute Gasteiger partial charge is 0.367 e. The minimum Gasteiger partial charge on any atom is -0.367 e. The zero-order chi connectivity index (χ0) is 12.3. The van der Waals surface area contributed by atoms with E-state index in [0.717, 1.165) is 30.8 Å². The summed E-state index contributed by atoms with van der Waals surface area (Å²) in [6.45, 7) is 5.03. The maximum Gasteiger partial charge on any atom is 0.254 e. The van der Waals surface area contributed by atoms with Crippen LogP contribution in [0.2, 0.25) is 0 Å². The summed E-state index contributed by atoms with van der Waals surface area (Å²) in [6, 6.07) is 0. The molecule has 0 aliphatic carbocycles. The maximum absolute atomic E-state index is 11.9. The summed E-state index contributed by atoms with van der Waals surface area (Å²) < 4.78 is 5.87. The Morgan fingerprint density at radius 1 is 1.41 bits per heavy atom. The van der Waals surface area contributed by atoms with Gasteiger partial charge >= 0.3 is 0 Å². The van der Waals surface area contributed by atoms with Crippen LogP contribution in [0.5, 0.6) is 0 Å². The molecule has 0 N–H and O–H groups in total. The predicted molar refractivity (Wildman–Crippen MR) is 71.1 cm³/mol. The molecule has 1 fully saturated rings. The number of carbonyl (C=O) groups excluding carboxylic acids is 1. The van der Waals surface area contributed by atoms with Crippen LogP contribution in [0.25, 0.3) is 0 Å². The Morgan fingerprint density at radius 3 is 2.94 bits per heavy atom. The molecule has 3 unspecified atom stereocenters. The van der Waals surface area contributed by atoms with Crippen LogP contribution >= 0.6 is 11.8 Å². The number of hydrogen-bond donors (Lipinski definition) is 0. The first-order valence-corrected chi connectivity index (χ1v) is 7.22. The van der Waals surface area contributed by atoms with E-state index in [-0.39, 0.29) is 17.3 Å². The Kier molecular flexibility index (Phi) is 4.40. The molecule has 2 rings (SSSR count). The van der Waals surface area contributed by atoms with Crippen molar-refractivity contribution in [3.63, 3.8) is 0 Å². The average Bonchev–Trinajstić information content (AvgIpc) is 2.67. The highest BCUT2D eigenvalue weighted by molar-refractivity contribution is 8.03. The molecule has 3 nitrogen and oxygen atoms in total. The third kappa shape index (κ3) is 2.63. The monoisotopic (exact) mass is 253 g/mol. The number of nitrogens with zero attached hydrogens (tertiary/aromatic N) is 1. The van der Waals surface area contributed by atoms with Gasteiger partial charge in [-0.15, -0.1) is 0 Å². The number of hydrogen-bond acceptors (Lipinski definition) is 3. The van der Waals surface area contributed by atoms with E-state index in [0.29, 0.717) is 5.92 Å². The van der Waals surface area contributed by atoms with Gasteiger partial charge in [-0.2, -0.15) is 0 Å². The molecule has 0 aromatic rings. The Hall–Kier alpha value is -0.610. The highest BCUT2D eigenvalue weighted by Gasteiger charge is 2.45. The van der Waals surface area contributed by atoms with Crippen LogP contribution in [0.4, 0.5) is 0 Å². The molecule has 2 aliphatic heterocycles. The lowest BCUT2D eigenvalue weighted by Crippen LogP contribution is -2.27. The third-order valence-corrected chi connectivity index (χ3v) is 4.53. The molecular formula is C13H19NO2S. The zero-order valence-corrected chi connectivity index (χ0v) is 11.2. The molecule has 94 valence electrons. The van der Waals surface area contributed by atoms with Gasteiger partial charge in [0.05, 0.1) is 5.92 Å². The summed E-state index contributed by atoms with van der Waals surface area (Å²) in [5.41, 5.74) is 0.136. The number of thioether (sulfide) groups is 1. The first kappa shape index (κ1) is 12.8. The van der Waals surface area contributed by atoms with Crippen molar-refractivity contribution in [2.45, 2.75) is 38.5 Å². The molecule has 0 saturated carbocycles. The van der Waals surface area contributed by atoms with E-state index >= 15 is 0 Å². The smallest absolute Gasteiger partial charge is 0.254 e. The molecule has 0 radical (unpaired) electrons. The van der Waals surface area contributed by atoms with E-state index in [1.165, 1.54) is 0 Å². The van der Waals surface area contributed by atoms with Crippen LogP contribution in [-0.4, -0.2) is 24.2 Å². The van der Waals surface area contributed by atoms with Gasteiger partial charge in [0.25, 0.3) is 5.91 Å². The molecule has 4 heteroatoms. The fraction of sp³-hybridized carbons (Fsp3) is 0.692. The summed E-state index contributed by atoms with van der Waals surface area (Å²) >= 11 is 1.71. The fourth-order valence-electron chi connectivity index (χ4n) is 2.40. The van der Waals surface area contributed by atoms with Crippen molar-refractivity contribution in [3.8, 4) is 0 Å². The van der Waals surface area contributed by atoms with Crippen LogP contribution in [0.15, 0.2) is 16.0 Å². The highest BCUT2D eigenvalue weighted by Crippen LogP contribution is 2.49. The lowest BCUT2D eigenvalue weighted by atomic mass is 9.87. The molecule has 1 amide bonds. The van der Waals surface area contributed by atoms with Gasteiger partial charge in [0.2, 0.25) is 0 Å². The Balaban J connectivity index is 2.12. The number of rotatable bonds is 5. The molecule has 0 spiro atoms. The second kappa shape index (κ2) is 5.83. The normalized spacial score (nSPS) is 31.5. The molecule has 0 bridgehead atoms. The van der Waals surface area contributed by atoms with Gasteiger partial charge in [0.15, 0.2) is 0 Å². The van der Waals surface area contributed by atoms with Crippen molar-refractivity contribution in [3.05, 3.63) is 11.0 Å². The van der Waals surface area contributed by atoms with Crippen LogP contribution in [0, 0.1) is 11.8 Å². The third-order valence-electron chi connectivity index (χ3n) is 3.15. The topological polar surface area (TPSA) is 38.7 Å². The molecule has 0 aromatic heterocycles. The van der Waals surface area contributed by atoms with E-state index in [4.69, 9.17) is 4.74 Å². The Labute approximate surface area is 107 Å². The molecule has 0 aromatic carbocycles. The second-order valence-corrected chi connectivity index (χ2v) is 5.64. The number of ether oxygens (including phenoxy) is 1. The number of dihydropyridines is 1. The second-order valence-electron chi connectivity index (χ2n) is 4.47. The molecule has 2 heterocycles. The number of amides is 1. The van der Waals surface area contributed by atoms with Gasteiger partial charge in [0.1, 0.15) is 5.44 Å². The van der Waals surface area contributed by atoms with Gasteiger partial charge in [0, 0.05) is 23.6 Å². The van der Waals surface area contributed by atoms with Gasteiger partial charge in [-0.3, -0.25) is 4.79 Å². The van der Waals surface area contributed by atoms with Crippen molar-refractivity contribution in [1.29, 1.82) is 0 Å². The van der Waals surface area contributed by atoms with Crippen molar-refractivity contribution in [1.82, 2.24) is 0 Å². The standard InChI is InChI=1S/C13H19NO2S/c1-3-5-9-11-10(6-7-14-12(11)15)17-13(9)16-8-4-2/h6-7,9,11,13H,3-5,8H2,1-2H3. The number of aliphatic imine (C=N–C) groups is 1. The average molecular weight is 253 g/mol. The first-order chi connectivity index (χ1) is 8.27. The van der Waals surface area contributed by atoms with Gasteiger partial charge in [-0.1, -0.05) is 32.0 Å². The van der Waals surface area contributed by atoms with Crippen molar-refractivity contribution < 1.29 is 9.53 Å². The predicted octanol–water partition coefficient (Wildman–Crippen LogP) is 3.01. The van der Waals surface area contributed by atoms with E-state index in [1.807, 2.05) is 6.08 Å². The van der Waals surface area contributed by atoms with Crippen molar-refractivity contribution in [2.24, 2.45) is 16.8 Å². The molecule has 17 heavy (non-hydrogen) atoms. The van der Waals surface area contributed by atoms with Crippen molar-refractivity contribution in [2.75, 3.05) is 6.61 Å². The lowest BCUT2D eigenvalue weighted by Gasteiger charge is -2.21. The summed E-state index contributed by atoms with van der Waals surface area (Å²) in [5.74, 6) is 0.274. The maximum atomic E-state index is 11.9. The van der Waals surface area contributed by atoms with Crippen LogP contribution < -0.4 is 0 Å². The summed E-state index contributed by atoms with van der Waals surface area (Å²) in [7, 11) is 0. The van der Waals surface area contributed by atoms with Gasteiger partial charge in [-0.25, -0.2) is 4.99 Å². The number of carbonyl (C=O) groups is 1. The first-order valence-electron chi connectivity index (χ1n) is 6.34. The van der Waals surface area contributed by atoms with E-state index < -0.39 is 0 Å². The highest BCUT2D eigenvalue weighted by atomic mass is 32.2. The minimum absolute atomic E-state index is 0.0102. The van der Waals surface area contributed by atoms with Gasteiger partial charge < -0.3 is 4.74 Å². The van der Waals surface area contributed by atoms with Crippen LogP contribution in [0.3, 0.4) is 0 Å². The van der Waals surface area contributed by atoms with E-state index in [1.54, 1.807) is 18.0 Å². The lowest BCUT2D eigenvalue weighted by molar-refractivity contribution is -0.122. The van der Waals surface area contributed by atoms with Crippen LogP contribution in [-0.2, 0) is 9.53 Å². The molecule has 1 saturated heterocycles.